The number of hydrogen-bond acceptors (Lipinski definition) is 4. The number of amides is 1. The van der Waals surface area contributed by atoms with Crippen molar-refractivity contribution in [2.45, 2.75) is 78.7 Å². The van der Waals surface area contributed by atoms with Gasteiger partial charge in [-0.05, 0) is 56.4 Å². The average molecular weight is 421 g/mol. The Morgan fingerprint density at radius 2 is 1.97 bits per heavy atom. The van der Waals surface area contributed by atoms with Crippen molar-refractivity contribution in [2.24, 2.45) is 0 Å². The molecule has 5 nitrogen and oxygen atoms in total. The lowest BCUT2D eigenvalue weighted by Crippen LogP contribution is -2.29. The number of unbranched alkanes of at least 4 members (excludes halogenated alkanes) is 2. The van der Waals surface area contributed by atoms with E-state index in [1.165, 1.54) is 5.56 Å². The molecule has 0 fully saturated rings. The van der Waals surface area contributed by atoms with Crippen LogP contribution in [0.2, 0.25) is 0 Å². The quantitative estimate of drug-likeness (QED) is 0.327. The minimum Gasteiger partial charge on any atom is -0.491 e. The molecule has 0 aromatic heterocycles. The minimum atomic E-state index is -0.836. The summed E-state index contributed by atoms with van der Waals surface area (Å²) in [5.74, 6) is 1.34. The molecular formula is C25H44N2O3. The van der Waals surface area contributed by atoms with Crippen LogP contribution in [0.3, 0.4) is 0 Å². The SMILES string of the molecule is C=C=CCN(CCCCCC(C)c1cccc(OCC(C)(C)O)c1)C(C)=O.CC.N. The van der Waals surface area contributed by atoms with E-state index < -0.39 is 5.60 Å². The van der Waals surface area contributed by atoms with Crippen LogP contribution in [-0.2, 0) is 4.79 Å². The zero-order valence-corrected chi connectivity index (χ0v) is 20.0. The fourth-order valence-corrected chi connectivity index (χ4v) is 2.82. The van der Waals surface area contributed by atoms with Crippen LogP contribution in [0, 0.1) is 0 Å². The van der Waals surface area contributed by atoms with E-state index >= 15 is 0 Å². The fraction of sp³-hybridized carbons (Fsp3) is 0.600. The summed E-state index contributed by atoms with van der Waals surface area (Å²) in [7, 11) is 0. The van der Waals surface area contributed by atoms with Crippen LogP contribution < -0.4 is 10.9 Å². The largest absolute Gasteiger partial charge is 0.491 e. The summed E-state index contributed by atoms with van der Waals surface area (Å²) in [5.41, 5.74) is 3.13. The van der Waals surface area contributed by atoms with Crippen molar-refractivity contribution in [1.82, 2.24) is 11.1 Å². The molecule has 1 atom stereocenters. The highest BCUT2D eigenvalue weighted by molar-refractivity contribution is 5.73. The van der Waals surface area contributed by atoms with Crippen molar-refractivity contribution in [3.8, 4) is 5.75 Å². The summed E-state index contributed by atoms with van der Waals surface area (Å²) in [6, 6.07) is 8.12. The van der Waals surface area contributed by atoms with Crippen molar-refractivity contribution >= 4 is 5.91 Å². The first-order chi connectivity index (χ1) is 13.7. The van der Waals surface area contributed by atoms with Crippen LogP contribution in [0.1, 0.15) is 78.7 Å². The number of nitrogens with zero attached hydrogens (tertiary/aromatic N) is 1. The van der Waals surface area contributed by atoms with E-state index in [2.05, 4.69) is 31.4 Å². The van der Waals surface area contributed by atoms with Gasteiger partial charge in [-0.15, -0.1) is 5.73 Å². The van der Waals surface area contributed by atoms with Gasteiger partial charge >= 0.3 is 0 Å². The third-order valence-electron chi connectivity index (χ3n) is 4.49. The number of benzene rings is 1. The van der Waals surface area contributed by atoms with E-state index in [1.54, 1.807) is 26.8 Å². The van der Waals surface area contributed by atoms with Gasteiger partial charge in [-0.1, -0.05) is 52.3 Å². The monoisotopic (exact) mass is 420 g/mol. The zero-order chi connectivity index (χ0) is 22.3. The Labute approximate surface area is 184 Å². The summed E-state index contributed by atoms with van der Waals surface area (Å²) in [6.45, 7) is 16.5. The Morgan fingerprint density at radius 1 is 1.30 bits per heavy atom. The van der Waals surface area contributed by atoms with Crippen molar-refractivity contribution in [3.05, 3.63) is 48.2 Å². The number of carbonyl (C=O) groups is 1. The molecule has 0 aliphatic carbocycles. The molecule has 0 heterocycles. The van der Waals surface area contributed by atoms with Gasteiger partial charge in [0.05, 0.1) is 5.60 Å². The lowest BCUT2D eigenvalue weighted by molar-refractivity contribution is -0.128. The van der Waals surface area contributed by atoms with Crippen LogP contribution in [0.25, 0.3) is 0 Å². The van der Waals surface area contributed by atoms with Gasteiger partial charge < -0.3 is 20.9 Å². The average Bonchev–Trinajstić information content (AvgIpc) is 2.69. The molecule has 0 aliphatic rings. The Kier molecular flexibility index (Phi) is 16.8. The highest BCUT2D eigenvalue weighted by Gasteiger charge is 2.14. The molecule has 0 saturated carbocycles. The van der Waals surface area contributed by atoms with E-state index in [0.29, 0.717) is 12.5 Å². The predicted molar refractivity (Wildman–Crippen MR) is 127 cm³/mol. The molecular weight excluding hydrogens is 376 g/mol. The second-order valence-corrected chi connectivity index (χ2v) is 7.80. The molecule has 1 aromatic rings. The molecule has 0 radical (unpaired) electrons. The molecule has 30 heavy (non-hydrogen) atoms. The van der Waals surface area contributed by atoms with Crippen LogP contribution in [-0.4, -0.2) is 41.2 Å². The molecule has 0 aliphatic heterocycles. The minimum absolute atomic E-state index is 0. The molecule has 1 rings (SSSR count). The fourth-order valence-electron chi connectivity index (χ4n) is 2.82. The maximum Gasteiger partial charge on any atom is 0.219 e. The molecule has 1 amide bonds. The van der Waals surface area contributed by atoms with Gasteiger partial charge in [0.2, 0.25) is 5.91 Å². The molecule has 5 heteroatoms. The number of hydrogen-bond donors (Lipinski definition) is 2. The Morgan fingerprint density at radius 3 is 2.53 bits per heavy atom. The van der Waals surface area contributed by atoms with Gasteiger partial charge in [0.15, 0.2) is 0 Å². The smallest absolute Gasteiger partial charge is 0.219 e. The molecule has 0 saturated heterocycles. The van der Waals surface area contributed by atoms with Crippen LogP contribution in [0.15, 0.2) is 42.7 Å². The number of carbonyl (C=O) groups excluding carboxylic acids is 1. The van der Waals surface area contributed by atoms with Crippen molar-refractivity contribution in [3.63, 3.8) is 0 Å². The highest BCUT2D eigenvalue weighted by atomic mass is 16.5. The summed E-state index contributed by atoms with van der Waals surface area (Å²) in [6.07, 6.45) is 6.11. The first kappa shape index (κ1) is 30.1. The molecule has 4 N–H and O–H groups in total. The van der Waals surface area contributed by atoms with E-state index in [0.717, 1.165) is 38.0 Å². The third-order valence-corrected chi connectivity index (χ3v) is 4.49. The molecule has 172 valence electrons. The third kappa shape index (κ3) is 14.0. The van der Waals surface area contributed by atoms with E-state index in [4.69, 9.17) is 4.74 Å². The highest BCUT2D eigenvalue weighted by Crippen LogP contribution is 2.25. The van der Waals surface area contributed by atoms with Gasteiger partial charge in [0.25, 0.3) is 0 Å². The normalized spacial score (nSPS) is 11.2. The number of aliphatic hydroxyl groups is 1. The van der Waals surface area contributed by atoms with Crippen molar-refractivity contribution in [2.75, 3.05) is 19.7 Å². The Balaban J connectivity index is 0. The lowest BCUT2D eigenvalue weighted by Gasteiger charge is -2.20. The van der Waals surface area contributed by atoms with E-state index in [-0.39, 0.29) is 18.7 Å². The summed E-state index contributed by atoms with van der Waals surface area (Å²) in [4.78, 5) is 13.4. The van der Waals surface area contributed by atoms with E-state index in [9.17, 15) is 9.90 Å². The van der Waals surface area contributed by atoms with E-state index in [1.807, 2.05) is 30.9 Å². The Hall–Kier alpha value is -2.07. The number of ether oxygens (including phenoxy) is 1. The first-order valence-electron chi connectivity index (χ1n) is 10.8. The number of rotatable bonds is 12. The van der Waals surface area contributed by atoms with Crippen molar-refractivity contribution < 1.29 is 14.6 Å². The molecule has 1 unspecified atom stereocenters. The van der Waals surface area contributed by atoms with Crippen LogP contribution >= 0.6 is 0 Å². The summed E-state index contributed by atoms with van der Waals surface area (Å²) >= 11 is 0. The second-order valence-electron chi connectivity index (χ2n) is 7.80. The van der Waals surface area contributed by atoms with Gasteiger partial charge in [-0.2, -0.15) is 0 Å². The second kappa shape index (κ2) is 16.7. The first-order valence-corrected chi connectivity index (χ1v) is 10.8. The lowest BCUT2D eigenvalue weighted by atomic mass is 9.95. The molecule has 0 spiro atoms. The van der Waals surface area contributed by atoms with Crippen molar-refractivity contribution in [1.29, 1.82) is 0 Å². The van der Waals surface area contributed by atoms with Crippen LogP contribution in [0.4, 0.5) is 0 Å². The van der Waals surface area contributed by atoms with Gasteiger partial charge in [-0.3, -0.25) is 4.79 Å². The van der Waals surface area contributed by atoms with Crippen LogP contribution in [0.5, 0.6) is 5.75 Å². The Bertz CT molecular complexity index is 632. The summed E-state index contributed by atoms with van der Waals surface area (Å²) < 4.78 is 5.69. The van der Waals surface area contributed by atoms with Gasteiger partial charge in [0.1, 0.15) is 12.4 Å². The predicted octanol–water partition coefficient (Wildman–Crippen LogP) is 5.88. The molecule has 1 aromatic carbocycles. The molecule has 0 bridgehead atoms. The van der Waals surface area contributed by atoms with Gasteiger partial charge in [-0.25, -0.2) is 0 Å². The topological polar surface area (TPSA) is 84.8 Å². The zero-order valence-electron chi connectivity index (χ0n) is 20.0. The maximum atomic E-state index is 11.6. The standard InChI is InChI=1S/C23H35NO3.C2H6.H3N/c1-6-7-15-24(20(3)25)16-10-8-9-12-19(2)21-13-11-14-22(17-21)27-18-23(4,5)26;1-2;/h7,11,13-14,17,19,26H,1,8-10,12,15-16,18H2,2-5H3;1-2H3;1H3. The summed E-state index contributed by atoms with van der Waals surface area (Å²) in [5, 5.41) is 9.79. The van der Waals surface area contributed by atoms with Gasteiger partial charge in [0, 0.05) is 20.0 Å². The maximum absolute atomic E-state index is 11.6.